The summed E-state index contributed by atoms with van der Waals surface area (Å²) in [5.41, 5.74) is 7.94. The second-order valence-electron chi connectivity index (χ2n) is 3.10. The zero-order valence-electron chi connectivity index (χ0n) is 8.11. The molecule has 2 N–H and O–H groups in total. The average molecular weight is 221 g/mol. The molecule has 2 aromatic rings. The van der Waals surface area contributed by atoms with E-state index in [1.165, 1.54) is 0 Å². The van der Waals surface area contributed by atoms with E-state index in [4.69, 9.17) is 17.3 Å². The quantitative estimate of drug-likeness (QED) is 0.748. The van der Waals surface area contributed by atoms with Crippen molar-refractivity contribution in [2.45, 2.75) is 6.92 Å². The summed E-state index contributed by atoms with van der Waals surface area (Å²) in [5, 5.41) is 0.415. The molecule has 0 aliphatic rings. The Kier molecular flexibility index (Phi) is 2.51. The first kappa shape index (κ1) is 9.86. The monoisotopic (exact) mass is 220 g/mol. The van der Waals surface area contributed by atoms with Gasteiger partial charge in [0.2, 0.25) is 5.95 Å². The maximum Gasteiger partial charge on any atom is 0.220 e. The van der Waals surface area contributed by atoms with E-state index in [2.05, 4.69) is 15.0 Å². The van der Waals surface area contributed by atoms with Gasteiger partial charge in [-0.2, -0.15) is 0 Å². The second-order valence-corrected chi connectivity index (χ2v) is 3.46. The van der Waals surface area contributed by atoms with Gasteiger partial charge in [-0.05, 0) is 24.6 Å². The molecule has 4 nitrogen and oxygen atoms in total. The Hall–Kier alpha value is -1.68. The molecular weight excluding hydrogens is 212 g/mol. The summed E-state index contributed by atoms with van der Waals surface area (Å²) in [4.78, 5) is 12.0. The van der Waals surface area contributed by atoms with E-state index < -0.39 is 0 Å². The molecular formula is C10H9ClN4. The second kappa shape index (κ2) is 3.82. The van der Waals surface area contributed by atoms with E-state index in [9.17, 15) is 0 Å². The molecule has 0 radical (unpaired) electrons. The Morgan fingerprint density at radius 3 is 2.87 bits per heavy atom. The Labute approximate surface area is 92.2 Å². The topological polar surface area (TPSA) is 64.7 Å². The van der Waals surface area contributed by atoms with E-state index in [1.54, 1.807) is 18.5 Å². The maximum atomic E-state index is 5.97. The van der Waals surface area contributed by atoms with E-state index >= 15 is 0 Å². The van der Waals surface area contributed by atoms with Crippen molar-refractivity contribution in [3.05, 3.63) is 35.2 Å². The third-order valence-corrected chi connectivity index (χ3v) is 2.31. The van der Waals surface area contributed by atoms with Gasteiger partial charge in [0.1, 0.15) is 5.15 Å². The summed E-state index contributed by atoms with van der Waals surface area (Å²) in [6.07, 6.45) is 3.30. The fraction of sp³-hybridized carbons (Fsp3) is 0.100. The summed E-state index contributed by atoms with van der Waals surface area (Å²) < 4.78 is 0. The Morgan fingerprint density at radius 1 is 1.33 bits per heavy atom. The van der Waals surface area contributed by atoms with Crippen LogP contribution in [0.2, 0.25) is 5.15 Å². The molecule has 2 aromatic heterocycles. The van der Waals surface area contributed by atoms with Crippen molar-refractivity contribution in [2.75, 3.05) is 5.73 Å². The van der Waals surface area contributed by atoms with Crippen LogP contribution in [0.4, 0.5) is 5.95 Å². The summed E-state index contributed by atoms with van der Waals surface area (Å²) in [6.45, 7) is 1.90. The van der Waals surface area contributed by atoms with Gasteiger partial charge < -0.3 is 5.73 Å². The van der Waals surface area contributed by atoms with E-state index in [-0.39, 0.29) is 5.95 Å². The highest BCUT2D eigenvalue weighted by Gasteiger charge is 2.09. The van der Waals surface area contributed by atoms with Crippen LogP contribution >= 0.6 is 11.6 Å². The predicted octanol–water partition coefficient (Wildman–Crippen LogP) is 2.08. The minimum absolute atomic E-state index is 0.232. The molecule has 76 valence electrons. The highest BCUT2D eigenvalue weighted by molar-refractivity contribution is 6.32. The van der Waals surface area contributed by atoms with Gasteiger partial charge in [-0.3, -0.25) is 0 Å². The first-order valence-electron chi connectivity index (χ1n) is 4.38. The molecule has 0 bridgehead atoms. The molecule has 15 heavy (non-hydrogen) atoms. The lowest BCUT2D eigenvalue weighted by Crippen LogP contribution is -1.98. The Balaban J connectivity index is 2.64. The zero-order valence-corrected chi connectivity index (χ0v) is 8.86. The van der Waals surface area contributed by atoms with Crippen LogP contribution in [-0.2, 0) is 0 Å². The van der Waals surface area contributed by atoms with Gasteiger partial charge >= 0.3 is 0 Å². The number of hydrogen-bond acceptors (Lipinski definition) is 4. The molecule has 5 heteroatoms. The number of nitrogens with two attached hydrogens (primary N) is 1. The lowest BCUT2D eigenvalue weighted by molar-refractivity contribution is 1.14. The molecule has 0 spiro atoms. The fourth-order valence-corrected chi connectivity index (χ4v) is 1.50. The van der Waals surface area contributed by atoms with Gasteiger partial charge in [0.15, 0.2) is 0 Å². The normalized spacial score (nSPS) is 10.3. The van der Waals surface area contributed by atoms with Gasteiger partial charge in [-0.1, -0.05) is 11.6 Å². The van der Waals surface area contributed by atoms with Gasteiger partial charge in [0.25, 0.3) is 0 Å². The summed E-state index contributed by atoms with van der Waals surface area (Å²) in [5.74, 6) is 0.232. The van der Waals surface area contributed by atoms with E-state index in [0.29, 0.717) is 5.15 Å². The number of rotatable bonds is 1. The summed E-state index contributed by atoms with van der Waals surface area (Å²) >= 11 is 5.97. The van der Waals surface area contributed by atoms with Crippen LogP contribution in [0.3, 0.4) is 0 Å². The van der Waals surface area contributed by atoms with E-state index in [0.717, 1.165) is 16.8 Å². The van der Waals surface area contributed by atoms with Crippen molar-refractivity contribution < 1.29 is 0 Å². The molecule has 0 aromatic carbocycles. The highest BCUT2D eigenvalue weighted by Crippen LogP contribution is 2.26. The molecule has 0 fully saturated rings. The van der Waals surface area contributed by atoms with Gasteiger partial charge in [0.05, 0.1) is 5.69 Å². The maximum absolute atomic E-state index is 5.97. The molecule has 0 saturated carbocycles. The molecule has 2 rings (SSSR count). The molecule has 0 amide bonds. The van der Waals surface area contributed by atoms with Crippen molar-refractivity contribution >= 4 is 17.5 Å². The lowest BCUT2D eigenvalue weighted by Gasteiger charge is -2.05. The SMILES string of the molecule is Cc1cnc(N)nc1-c1cccnc1Cl. The number of aryl methyl sites for hydroxylation is 1. The van der Waals surface area contributed by atoms with Crippen LogP contribution in [-0.4, -0.2) is 15.0 Å². The molecule has 0 aliphatic carbocycles. The van der Waals surface area contributed by atoms with Crippen LogP contribution in [0.25, 0.3) is 11.3 Å². The first-order valence-corrected chi connectivity index (χ1v) is 4.76. The minimum atomic E-state index is 0.232. The van der Waals surface area contributed by atoms with E-state index in [1.807, 2.05) is 13.0 Å². The summed E-state index contributed by atoms with van der Waals surface area (Å²) in [6, 6.07) is 3.66. The number of hydrogen-bond donors (Lipinski definition) is 1. The van der Waals surface area contributed by atoms with Crippen LogP contribution in [0.5, 0.6) is 0 Å². The average Bonchev–Trinajstić information content (AvgIpc) is 2.23. The van der Waals surface area contributed by atoms with Crippen LogP contribution < -0.4 is 5.73 Å². The molecule has 0 atom stereocenters. The highest BCUT2D eigenvalue weighted by atomic mass is 35.5. The molecule has 0 aliphatic heterocycles. The van der Waals surface area contributed by atoms with Crippen LogP contribution in [0, 0.1) is 6.92 Å². The van der Waals surface area contributed by atoms with Crippen LogP contribution in [0.15, 0.2) is 24.5 Å². The predicted molar refractivity (Wildman–Crippen MR) is 59.4 cm³/mol. The smallest absolute Gasteiger partial charge is 0.220 e. The number of halogens is 1. The van der Waals surface area contributed by atoms with Crippen molar-refractivity contribution in [1.29, 1.82) is 0 Å². The number of pyridine rings is 1. The standard InChI is InChI=1S/C10H9ClN4/c1-6-5-14-10(12)15-8(6)7-3-2-4-13-9(7)11/h2-5H,1H3,(H2,12,14,15). The molecule has 0 unspecified atom stereocenters. The van der Waals surface area contributed by atoms with Crippen molar-refractivity contribution in [1.82, 2.24) is 15.0 Å². The largest absolute Gasteiger partial charge is 0.368 e. The number of anilines is 1. The van der Waals surface area contributed by atoms with Crippen LogP contribution in [0.1, 0.15) is 5.56 Å². The first-order chi connectivity index (χ1) is 7.18. The Morgan fingerprint density at radius 2 is 2.13 bits per heavy atom. The minimum Gasteiger partial charge on any atom is -0.368 e. The van der Waals surface area contributed by atoms with Crippen molar-refractivity contribution in [3.8, 4) is 11.3 Å². The molecule has 2 heterocycles. The number of nitrogens with zero attached hydrogens (tertiary/aromatic N) is 3. The van der Waals surface area contributed by atoms with Crippen molar-refractivity contribution in [3.63, 3.8) is 0 Å². The van der Waals surface area contributed by atoms with Gasteiger partial charge in [-0.15, -0.1) is 0 Å². The van der Waals surface area contributed by atoms with Gasteiger partial charge in [0, 0.05) is 18.0 Å². The molecule has 0 saturated heterocycles. The zero-order chi connectivity index (χ0) is 10.8. The number of nitrogen functional groups attached to an aromatic ring is 1. The number of aromatic nitrogens is 3. The van der Waals surface area contributed by atoms with Gasteiger partial charge in [-0.25, -0.2) is 15.0 Å². The summed E-state index contributed by atoms with van der Waals surface area (Å²) in [7, 11) is 0. The fourth-order valence-electron chi connectivity index (χ4n) is 1.29. The third kappa shape index (κ3) is 1.89. The third-order valence-electron chi connectivity index (χ3n) is 2.00. The lowest BCUT2D eigenvalue weighted by atomic mass is 10.1. The van der Waals surface area contributed by atoms with Crippen molar-refractivity contribution in [2.24, 2.45) is 0 Å². The Bertz CT molecular complexity index is 499.